The molecule has 0 radical (unpaired) electrons. The Hall–Kier alpha value is -4.92. The molecule has 0 unspecified atom stereocenters. The van der Waals surface area contributed by atoms with Crippen molar-refractivity contribution in [2.24, 2.45) is 5.73 Å². The first-order valence-corrected chi connectivity index (χ1v) is 17.7. The Morgan fingerprint density at radius 2 is 1.58 bits per heavy atom. The van der Waals surface area contributed by atoms with Crippen LogP contribution in [0.4, 0.5) is 5.69 Å². The molecule has 282 valence electrons. The van der Waals surface area contributed by atoms with Gasteiger partial charge in [0.15, 0.2) is 0 Å². The van der Waals surface area contributed by atoms with Crippen molar-refractivity contribution in [3.05, 3.63) is 83.9 Å². The van der Waals surface area contributed by atoms with Gasteiger partial charge in [-0.2, -0.15) is 5.41 Å². The molecule has 1 atom stereocenters. The minimum atomic E-state index is -0.235. The Kier molecular flexibility index (Phi) is 19.4. The van der Waals surface area contributed by atoms with Crippen LogP contribution in [0.25, 0.3) is 0 Å². The topological polar surface area (TPSA) is 183 Å². The van der Waals surface area contributed by atoms with E-state index in [0.717, 1.165) is 42.7 Å². The third-order valence-electron chi connectivity index (χ3n) is 7.99. The zero-order valence-electron chi connectivity index (χ0n) is 30.6. The summed E-state index contributed by atoms with van der Waals surface area (Å²) in [6, 6.07) is 16.4. The smallest absolute Gasteiger partial charge is 0.305 e. The van der Waals surface area contributed by atoms with E-state index in [1.807, 2.05) is 43.3 Å². The molecule has 0 aliphatic rings. The first kappa shape index (κ1) is 41.5. The van der Waals surface area contributed by atoms with Crippen LogP contribution >= 0.6 is 0 Å². The van der Waals surface area contributed by atoms with E-state index in [0.29, 0.717) is 76.2 Å². The quantitative estimate of drug-likeness (QED) is 0.0321. The summed E-state index contributed by atoms with van der Waals surface area (Å²) in [4.78, 5) is 32.1. The fourth-order valence-electron chi connectivity index (χ4n) is 4.88. The maximum Gasteiger partial charge on any atom is 0.305 e. The summed E-state index contributed by atoms with van der Waals surface area (Å²) in [6.45, 7) is 6.11. The van der Waals surface area contributed by atoms with Gasteiger partial charge in [-0.1, -0.05) is 24.6 Å². The normalized spacial score (nSPS) is 12.1. The molecule has 0 spiro atoms. The van der Waals surface area contributed by atoms with Crippen molar-refractivity contribution < 1.29 is 37.8 Å². The highest BCUT2D eigenvalue weighted by atomic mass is 16.5. The molecule has 14 nitrogen and oxygen atoms in total. The number of esters is 1. The van der Waals surface area contributed by atoms with Crippen molar-refractivity contribution in [1.29, 1.82) is 5.41 Å². The van der Waals surface area contributed by atoms with Crippen molar-refractivity contribution in [2.75, 3.05) is 72.3 Å². The summed E-state index contributed by atoms with van der Waals surface area (Å²) in [7, 11) is 3.08. The minimum Gasteiger partial charge on any atom is -0.494 e. The van der Waals surface area contributed by atoms with Crippen LogP contribution in [0.15, 0.2) is 67.1 Å². The van der Waals surface area contributed by atoms with Crippen LogP contribution < -0.4 is 21.1 Å². The lowest BCUT2D eigenvalue weighted by atomic mass is 10.1. The molecule has 0 saturated heterocycles. The molecule has 3 rings (SSSR count). The Bertz CT molecular complexity index is 1560. The number of carbonyl (C=O) groups excluding carboxylic acids is 2. The van der Waals surface area contributed by atoms with Gasteiger partial charge in [0.25, 0.3) is 11.7 Å². The number of rotatable bonds is 25. The number of aromatic nitrogens is 2. The number of unbranched alkanes of at least 4 members (excludes halogenated alkanes) is 3. The van der Waals surface area contributed by atoms with Crippen molar-refractivity contribution in [3.8, 4) is 5.75 Å². The lowest BCUT2D eigenvalue weighted by Gasteiger charge is -2.16. The van der Waals surface area contributed by atoms with E-state index in [2.05, 4.69) is 25.3 Å². The largest absolute Gasteiger partial charge is 0.494 e. The van der Waals surface area contributed by atoms with Crippen molar-refractivity contribution in [3.63, 3.8) is 0 Å². The van der Waals surface area contributed by atoms with Crippen molar-refractivity contribution in [1.82, 2.24) is 15.3 Å². The van der Waals surface area contributed by atoms with Crippen LogP contribution in [0.3, 0.4) is 0 Å². The van der Waals surface area contributed by atoms with Gasteiger partial charge in [-0.3, -0.25) is 9.59 Å². The van der Waals surface area contributed by atoms with Gasteiger partial charge < -0.3 is 40.1 Å². The molecule has 0 fully saturated rings. The molecule has 1 amide bonds. The van der Waals surface area contributed by atoms with Crippen LogP contribution in [0.2, 0.25) is 0 Å². The van der Waals surface area contributed by atoms with E-state index < -0.39 is 0 Å². The zero-order chi connectivity index (χ0) is 37.4. The zero-order valence-corrected chi connectivity index (χ0v) is 30.6. The number of methoxy groups -OCH3 is 1. The number of ether oxygens (including phenoxy) is 5. The van der Waals surface area contributed by atoms with Gasteiger partial charge in [0.1, 0.15) is 24.3 Å². The number of nitrogens with zero attached hydrogens (tertiary/aromatic N) is 3. The van der Waals surface area contributed by atoms with Crippen LogP contribution in [-0.4, -0.2) is 105 Å². The molecule has 5 N–H and O–H groups in total. The molecule has 0 aliphatic heterocycles. The number of amides is 1. The van der Waals surface area contributed by atoms with Crippen LogP contribution in [0, 0.1) is 5.41 Å². The number of nitrogens with two attached hydrogens (primary N) is 1. The van der Waals surface area contributed by atoms with E-state index >= 15 is 0 Å². The molecule has 0 bridgehead atoms. The summed E-state index contributed by atoms with van der Waals surface area (Å²) in [5.74, 6) is 0.920. The maximum absolute atomic E-state index is 13.1. The molecular formula is C38H54N7O7+. The number of benzene rings is 2. The molecule has 2 aromatic carbocycles. The van der Waals surface area contributed by atoms with Crippen LogP contribution in [0.5, 0.6) is 5.75 Å². The van der Waals surface area contributed by atoms with Crippen molar-refractivity contribution >= 4 is 29.2 Å². The van der Waals surface area contributed by atoms with E-state index in [4.69, 9.17) is 30.1 Å². The second-order valence-electron chi connectivity index (χ2n) is 12.0. The third kappa shape index (κ3) is 16.0. The summed E-state index contributed by atoms with van der Waals surface area (Å²) >= 11 is 0. The Labute approximate surface area is 306 Å². The second kappa shape index (κ2) is 24.3. The number of hydrogen-bond donors (Lipinski definition) is 4. The average molecular weight is 721 g/mol. The van der Waals surface area contributed by atoms with E-state index in [1.54, 1.807) is 36.0 Å². The molecule has 52 heavy (non-hydrogen) atoms. The van der Waals surface area contributed by atoms with Crippen LogP contribution in [0.1, 0.15) is 73.1 Å². The number of anilines is 1. The maximum atomic E-state index is 13.1. The number of amidine groups is 2. The van der Waals surface area contributed by atoms with Gasteiger partial charge in [0, 0.05) is 37.1 Å². The highest BCUT2D eigenvalue weighted by Gasteiger charge is 2.15. The minimum absolute atomic E-state index is 0.153. The van der Waals surface area contributed by atoms with Gasteiger partial charge in [-0.25, -0.2) is 14.5 Å². The SMILES string of the molecule is COC(=O)CCCOCCOCCOCCCCCCOc1cccc([C@H](C)NC(=O)c2cccc(NCC(N)=[N+](C)C(=N)c3ccncn3)c2)c1. The predicted octanol–water partition coefficient (Wildman–Crippen LogP) is 4.35. The highest BCUT2D eigenvalue weighted by molar-refractivity contribution is 5.96. The Morgan fingerprint density at radius 3 is 2.29 bits per heavy atom. The number of nitrogens with one attached hydrogen (secondary N) is 3. The number of carbonyl (C=O) groups is 2. The molecule has 1 aromatic heterocycles. The summed E-state index contributed by atoms with van der Waals surface area (Å²) < 4.78 is 28.7. The fourth-order valence-corrected chi connectivity index (χ4v) is 4.88. The lowest BCUT2D eigenvalue weighted by molar-refractivity contribution is -0.373. The first-order valence-electron chi connectivity index (χ1n) is 17.7. The third-order valence-corrected chi connectivity index (χ3v) is 7.99. The van der Waals surface area contributed by atoms with Gasteiger partial charge in [0.05, 0.1) is 53.2 Å². The molecule has 0 aliphatic carbocycles. The van der Waals surface area contributed by atoms with Gasteiger partial charge >= 0.3 is 5.97 Å². The highest BCUT2D eigenvalue weighted by Crippen LogP contribution is 2.20. The first-order chi connectivity index (χ1) is 25.3. The molecule has 0 saturated carbocycles. The monoisotopic (exact) mass is 720 g/mol. The standard InChI is InChI=1S/C38H53N7O7/c1-29(44-38(47)31-12-8-13-32(25-31)42-27-35(39)45(2)37(40)34-16-17-41-28-43-34)30-11-9-14-33(26-30)52-20-7-5-4-6-18-49-21-23-51-24-22-50-19-10-15-36(46)48-3/h8-9,11-14,16-17,25-26,28-29,39-40,42H,4-7,10,15,18-24,27H2,1-3H3,(H,44,47)/p+1/t29-/m0/s1. The Balaban J connectivity index is 1.27. The summed E-state index contributed by atoms with van der Waals surface area (Å²) in [6.07, 6.45) is 7.99. The molecule has 14 heteroatoms. The lowest BCUT2D eigenvalue weighted by Crippen LogP contribution is -2.36. The van der Waals surface area contributed by atoms with Gasteiger partial charge in [-0.15, -0.1) is 0 Å². The van der Waals surface area contributed by atoms with Gasteiger partial charge in [0.2, 0.25) is 5.84 Å². The van der Waals surface area contributed by atoms with Crippen molar-refractivity contribution in [2.45, 2.75) is 51.5 Å². The van der Waals surface area contributed by atoms with E-state index in [1.165, 1.54) is 13.4 Å². The summed E-state index contributed by atoms with van der Waals surface area (Å²) in [5.41, 5.74) is 8.88. The Morgan fingerprint density at radius 1 is 0.885 bits per heavy atom. The second-order valence-corrected chi connectivity index (χ2v) is 12.0. The molecular weight excluding hydrogens is 666 g/mol. The average Bonchev–Trinajstić information content (AvgIpc) is 3.17. The van der Waals surface area contributed by atoms with E-state index in [-0.39, 0.29) is 30.3 Å². The summed E-state index contributed by atoms with van der Waals surface area (Å²) in [5, 5.41) is 14.6. The van der Waals surface area contributed by atoms with Gasteiger partial charge in [-0.05, 0) is 74.6 Å². The van der Waals surface area contributed by atoms with Crippen LogP contribution in [-0.2, 0) is 23.7 Å². The van der Waals surface area contributed by atoms with E-state index in [9.17, 15) is 9.59 Å². The number of hydrogen-bond acceptors (Lipinski definition) is 11. The molecule has 3 aromatic rings. The molecule has 1 heterocycles. The predicted molar refractivity (Wildman–Crippen MR) is 199 cm³/mol. The fraction of sp³-hybridized carbons (Fsp3) is 0.474.